The number of Topliss-reactive ketones (excluding diaryl/α,β-unsaturated/α-hetero) is 1. The van der Waals surface area contributed by atoms with Crippen molar-refractivity contribution in [3.8, 4) is 0 Å². The summed E-state index contributed by atoms with van der Waals surface area (Å²) < 4.78 is 1.68. The molecule has 0 saturated heterocycles. The first kappa shape index (κ1) is 12.3. The van der Waals surface area contributed by atoms with E-state index in [4.69, 9.17) is 11.6 Å². The molecule has 0 saturated carbocycles. The van der Waals surface area contributed by atoms with Crippen molar-refractivity contribution >= 4 is 28.7 Å². The summed E-state index contributed by atoms with van der Waals surface area (Å²) in [5.74, 6) is 0.164. The number of aromatic nitrogens is 2. The van der Waals surface area contributed by atoms with Gasteiger partial charge in [-0.05, 0) is 18.4 Å². The number of thiophene rings is 1. The summed E-state index contributed by atoms with van der Waals surface area (Å²) in [4.78, 5) is 13.0. The Hall–Kier alpha value is -1.13. The number of carbonyl (C=O) groups excluding carboxylic acids is 1. The smallest absolute Gasteiger partial charge is 0.144 e. The molecule has 3 nitrogen and oxygen atoms in total. The van der Waals surface area contributed by atoms with Crippen LogP contribution in [0, 0.1) is 6.92 Å². The Labute approximate surface area is 109 Å². The Morgan fingerprint density at radius 1 is 1.53 bits per heavy atom. The van der Waals surface area contributed by atoms with Crippen LogP contribution in [0.15, 0.2) is 17.5 Å². The lowest BCUT2D eigenvalue weighted by Gasteiger charge is -2.01. The second-order valence-electron chi connectivity index (χ2n) is 3.94. The number of hydrogen-bond acceptors (Lipinski definition) is 3. The van der Waals surface area contributed by atoms with Crippen LogP contribution in [0.2, 0.25) is 5.02 Å². The number of aryl methyl sites for hydroxylation is 2. The molecule has 0 N–H and O–H groups in total. The molecule has 0 aliphatic heterocycles. The molecule has 2 aromatic rings. The molecule has 2 heterocycles. The van der Waals surface area contributed by atoms with Crippen LogP contribution in [0.4, 0.5) is 0 Å². The molecule has 2 aromatic heterocycles. The Kier molecular flexibility index (Phi) is 3.64. The third-order valence-corrected chi connectivity index (χ3v) is 3.95. The van der Waals surface area contributed by atoms with E-state index in [2.05, 4.69) is 5.10 Å². The van der Waals surface area contributed by atoms with E-state index in [-0.39, 0.29) is 5.78 Å². The van der Waals surface area contributed by atoms with E-state index >= 15 is 0 Å². The van der Waals surface area contributed by atoms with E-state index in [1.165, 1.54) is 0 Å². The minimum absolute atomic E-state index is 0.164. The van der Waals surface area contributed by atoms with Crippen LogP contribution in [-0.2, 0) is 24.7 Å². The fraction of sp³-hybridized carbons (Fsp3) is 0.333. The van der Waals surface area contributed by atoms with Crippen molar-refractivity contribution in [3.05, 3.63) is 38.8 Å². The molecular formula is C12H13ClN2OS. The summed E-state index contributed by atoms with van der Waals surface area (Å²) in [6.07, 6.45) is 0.812. The highest BCUT2D eigenvalue weighted by atomic mass is 35.5. The van der Waals surface area contributed by atoms with Gasteiger partial charge in [-0.15, -0.1) is 11.3 Å². The van der Waals surface area contributed by atoms with E-state index < -0.39 is 0 Å². The maximum atomic E-state index is 11.9. The van der Waals surface area contributed by atoms with Crippen molar-refractivity contribution in [1.29, 1.82) is 0 Å². The number of nitrogens with zero attached hydrogens (tertiary/aromatic N) is 2. The molecular weight excluding hydrogens is 256 g/mol. The van der Waals surface area contributed by atoms with Crippen molar-refractivity contribution < 1.29 is 4.79 Å². The van der Waals surface area contributed by atoms with Crippen LogP contribution in [0.25, 0.3) is 0 Å². The molecule has 0 unspecified atom stereocenters. The van der Waals surface area contributed by atoms with Crippen LogP contribution in [0.1, 0.15) is 16.3 Å². The predicted molar refractivity (Wildman–Crippen MR) is 69.7 cm³/mol. The zero-order valence-corrected chi connectivity index (χ0v) is 11.3. The van der Waals surface area contributed by atoms with E-state index in [0.717, 1.165) is 16.3 Å². The second kappa shape index (κ2) is 5.02. The topological polar surface area (TPSA) is 34.9 Å². The van der Waals surface area contributed by atoms with E-state index in [9.17, 15) is 4.79 Å². The van der Waals surface area contributed by atoms with Crippen molar-refractivity contribution in [2.45, 2.75) is 19.8 Å². The lowest BCUT2D eigenvalue weighted by Crippen LogP contribution is -2.09. The summed E-state index contributed by atoms with van der Waals surface area (Å²) in [7, 11) is 1.81. The van der Waals surface area contributed by atoms with E-state index in [0.29, 0.717) is 17.9 Å². The summed E-state index contributed by atoms with van der Waals surface area (Å²) >= 11 is 7.71. The predicted octanol–water partition coefficient (Wildman–Crippen LogP) is 2.80. The molecule has 0 fully saturated rings. The van der Waals surface area contributed by atoms with Gasteiger partial charge in [0.1, 0.15) is 5.78 Å². The zero-order valence-electron chi connectivity index (χ0n) is 9.74. The zero-order chi connectivity index (χ0) is 12.4. The maximum Gasteiger partial charge on any atom is 0.144 e. The van der Waals surface area contributed by atoms with Crippen molar-refractivity contribution in [1.82, 2.24) is 9.78 Å². The van der Waals surface area contributed by atoms with Gasteiger partial charge in [-0.1, -0.05) is 17.7 Å². The average molecular weight is 269 g/mol. The van der Waals surface area contributed by atoms with Gasteiger partial charge in [-0.3, -0.25) is 9.48 Å². The first-order valence-electron chi connectivity index (χ1n) is 5.30. The largest absolute Gasteiger partial charge is 0.299 e. The third kappa shape index (κ3) is 2.76. The SMILES string of the molecule is Cc1nn(C)c(CC(=O)Cc2cccs2)c1Cl. The van der Waals surface area contributed by atoms with Crippen LogP contribution in [0.5, 0.6) is 0 Å². The molecule has 0 aliphatic carbocycles. The molecule has 0 amide bonds. The van der Waals surface area contributed by atoms with Gasteiger partial charge in [-0.2, -0.15) is 5.10 Å². The maximum absolute atomic E-state index is 11.9. The van der Waals surface area contributed by atoms with E-state index in [1.54, 1.807) is 16.0 Å². The van der Waals surface area contributed by atoms with Crippen LogP contribution in [0.3, 0.4) is 0 Å². The van der Waals surface area contributed by atoms with Gasteiger partial charge in [0.2, 0.25) is 0 Å². The Bertz CT molecular complexity index is 531. The number of hydrogen-bond donors (Lipinski definition) is 0. The van der Waals surface area contributed by atoms with Crippen molar-refractivity contribution in [2.24, 2.45) is 7.05 Å². The summed E-state index contributed by atoms with van der Waals surface area (Å²) in [6, 6.07) is 3.92. The molecule has 0 spiro atoms. The minimum Gasteiger partial charge on any atom is -0.299 e. The van der Waals surface area contributed by atoms with Crippen molar-refractivity contribution in [3.63, 3.8) is 0 Å². The Morgan fingerprint density at radius 3 is 2.82 bits per heavy atom. The minimum atomic E-state index is 0.164. The van der Waals surface area contributed by atoms with Crippen molar-refractivity contribution in [2.75, 3.05) is 0 Å². The summed E-state index contributed by atoms with van der Waals surface area (Å²) in [5, 5.41) is 6.78. The lowest BCUT2D eigenvalue weighted by atomic mass is 10.1. The number of rotatable bonds is 4. The fourth-order valence-corrected chi connectivity index (χ4v) is 2.69. The normalized spacial score (nSPS) is 10.8. The fourth-order valence-electron chi connectivity index (χ4n) is 1.73. The van der Waals surface area contributed by atoms with Gasteiger partial charge < -0.3 is 0 Å². The monoisotopic (exact) mass is 268 g/mol. The van der Waals surface area contributed by atoms with Gasteiger partial charge in [0.05, 0.1) is 22.8 Å². The summed E-state index contributed by atoms with van der Waals surface area (Å²) in [5.41, 5.74) is 1.57. The Morgan fingerprint density at radius 2 is 2.29 bits per heavy atom. The highest BCUT2D eigenvalue weighted by molar-refractivity contribution is 7.10. The number of halogens is 1. The molecule has 5 heteroatoms. The van der Waals surface area contributed by atoms with Gasteiger partial charge in [0, 0.05) is 18.3 Å². The average Bonchev–Trinajstić information content (AvgIpc) is 2.83. The quantitative estimate of drug-likeness (QED) is 0.855. The van der Waals surface area contributed by atoms with Crippen LogP contribution < -0.4 is 0 Å². The van der Waals surface area contributed by atoms with Gasteiger partial charge in [0.15, 0.2) is 0 Å². The molecule has 0 atom stereocenters. The first-order chi connectivity index (χ1) is 8.08. The molecule has 17 heavy (non-hydrogen) atoms. The first-order valence-corrected chi connectivity index (χ1v) is 6.55. The lowest BCUT2D eigenvalue weighted by molar-refractivity contribution is -0.117. The molecule has 2 rings (SSSR count). The molecule has 0 aromatic carbocycles. The van der Waals surface area contributed by atoms with Crippen LogP contribution >= 0.6 is 22.9 Å². The third-order valence-electron chi connectivity index (χ3n) is 2.58. The highest BCUT2D eigenvalue weighted by Gasteiger charge is 2.15. The molecule has 0 bridgehead atoms. The second-order valence-corrected chi connectivity index (χ2v) is 5.35. The van der Waals surface area contributed by atoms with E-state index in [1.807, 2.05) is 31.5 Å². The van der Waals surface area contributed by atoms with Crippen LogP contribution in [-0.4, -0.2) is 15.6 Å². The summed E-state index contributed by atoms with van der Waals surface area (Å²) in [6.45, 7) is 1.84. The van der Waals surface area contributed by atoms with Gasteiger partial charge >= 0.3 is 0 Å². The van der Waals surface area contributed by atoms with Gasteiger partial charge in [-0.25, -0.2) is 0 Å². The molecule has 0 radical (unpaired) electrons. The highest BCUT2D eigenvalue weighted by Crippen LogP contribution is 2.20. The number of ketones is 1. The van der Waals surface area contributed by atoms with Gasteiger partial charge in [0.25, 0.3) is 0 Å². The standard InChI is InChI=1S/C12H13ClN2OS/c1-8-12(13)11(15(2)14-8)7-9(16)6-10-4-3-5-17-10/h3-5H,6-7H2,1-2H3. The molecule has 0 aliphatic rings. The number of carbonyl (C=O) groups is 1. The Balaban J connectivity index is 2.08. The molecule has 90 valence electrons.